The van der Waals surface area contributed by atoms with Crippen LogP contribution in [0.4, 0.5) is 0 Å². The Kier molecular flexibility index (Phi) is 5.53. The van der Waals surface area contributed by atoms with E-state index >= 15 is 0 Å². The van der Waals surface area contributed by atoms with Gasteiger partial charge in [0.05, 0.1) is 6.61 Å². The van der Waals surface area contributed by atoms with E-state index in [9.17, 15) is 5.11 Å². The van der Waals surface area contributed by atoms with Gasteiger partial charge in [-0.3, -0.25) is 0 Å². The molecular weight excluding hydrogens is 266 g/mol. The first-order valence-corrected chi connectivity index (χ1v) is 8.66. The number of benzene rings is 1. The molecule has 20 heavy (non-hydrogen) atoms. The summed E-state index contributed by atoms with van der Waals surface area (Å²) in [7, 11) is 0. The van der Waals surface area contributed by atoms with Crippen molar-refractivity contribution >= 4 is 11.8 Å². The summed E-state index contributed by atoms with van der Waals surface area (Å²) in [5.74, 6) is 1.08. The van der Waals surface area contributed by atoms with E-state index in [2.05, 4.69) is 44.3 Å². The number of aliphatic hydroxyl groups excluding tert-OH is 1. The Labute approximate surface area is 127 Å². The molecule has 2 unspecified atom stereocenters. The maximum absolute atomic E-state index is 9.65. The fourth-order valence-electron chi connectivity index (χ4n) is 3.32. The lowest BCUT2D eigenvalue weighted by Gasteiger charge is -2.28. The van der Waals surface area contributed by atoms with Crippen LogP contribution in [0.5, 0.6) is 0 Å². The molecule has 0 radical (unpaired) electrons. The van der Waals surface area contributed by atoms with E-state index in [1.54, 1.807) is 0 Å². The number of rotatable bonds is 6. The zero-order valence-corrected chi connectivity index (χ0v) is 13.7. The standard InChI is InChI=1S/C17H27NOS/c1-4-18-17(12-19)6-5-16(10-17)20-11-15-8-13(2)7-14(3)9-15/h7-9,16,18-19H,4-6,10-12H2,1-3H3. The van der Waals surface area contributed by atoms with Gasteiger partial charge in [0, 0.05) is 16.5 Å². The van der Waals surface area contributed by atoms with Crippen molar-refractivity contribution in [3.8, 4) is 0 Å². The van der Waals surface area contributed by atoms with Crippen LogP contribution >= 0.6 is 11.8 Å². The largest absolute Gasteiger partial charge is 0.394 e. The first kappa shape index (κ1) is 15.9. The van der Waals surface area contributed by atoms with Gasteiger partial charge < -0.3 is 10.4 Å². The van der Waals surface area contributed by atoms with E-state index in [1.807, 2.05) is 11.8 Å². The molecule has 0 aliphatic heterocycles. The second-order valence-corrected chi connectivity index (χ2v) is 7.43. The average Bonchev–Trinajstić information content (AvgIpc) is 2.80. The summed E-state index contributed by atoms with van der Waals surface area (Å²) >= 11 is 2.05. The predicted molar refractivity (Wildman–Crippen MR) is 88.3 cm³/mol. The molecule has 1 aliphatic carbocycles. The van der Waals surface area contributed by atoms with Crippen LogP contribution in [0.3, 0.4) is 0 Å². The van der Waals surface area contributed by atoms with E-state index in [-0.39, 0.29) is 12.1 Å². The maximum atomic E-state index is 9.65. The minimum absolute atomic E-state index is 0.0189. The van der Waals surface area contributed by atoms with Crippen LogP contribution in [0.15, 0.2) is 18.2 Å². The highest BCUT2D eigenvalue weighted by Gasteiger charge is 2.37. The first-order valence-electron chi connectivity index (χ1n) is 7.61. The highest BCUT2D eigenvalue weighted by atomic mass is 32.2. The molecule has 1 fully saturated rings. The number of likely N-dealkylation sites (N-methyl/N-ethyl adjacent to an activating group) is 1. The summed E-state index contributed by atoms with van der Waals surface area (Å²) in [4.78, 5) is 0. The predicted octanol–water partition coefficient (Wildman–Crippen LogP) is 3.43. The van der Waals surface area contributed by atoms with Crippen LogP contribution in [0, 0.1) is 13.8 Å². The van der Waals surface area contributed by atoms with Gasteiger partial charge in [0.25, 0.3) is 0 Å². The van der Waals surface area contributed by atoms with Crippen LogP contribution < -0.4 is 5.32 Å². The first-order chi connectivity index (χ1) is 9.57. The van der Waals surface area contributed by atoms with Crippen LogP contribution in [-0.2, 0) is 5.75 Å². The number of aryl methyl sites for hydroxylation is 2. The van der Waals surface area contributed by atoms with Gasteiger partial charge in [-0.1, -0.05) is 36.2 Å². The topological polar surface area (TPSA) is 32.3 Å². The summed E-state index contributed by atoms with van der Waals surface area (Å²) in [6.07, 6.45) is 3.40. The van der Waals surface area contributed by atoms with Gasteiger partial charge in [-0.25, -0.2) is 0 Å². The summed E-state index contributed by atoms with van der Waals surface area (Å²) in [6, 6.07) is 6.81. The van der Waals surface area contributed by atoms with Gasteiger partial charge >= 0.3 is 0 Å². The zero-order chi connectivity index (χ0) is 14.6. The minimum Gasteiger partial charge on any atom is -0.394 e. The third-order valence-electron chi connectivity index (χ3n) is 4.18. The Morgan fingerprint density at radius 2 is 2.00 bits per heavy atom. The van der Waals surface area contributed by atoms with Gasteiger partial charge in [-0.05, 0) is 45.2 Å². The second kappa shape index (κ2) is 6.97. The lowest BCUT2D eigenvalue weighted by Crippen LogP contribution is -2.46. The third-order valence-corrected chi connectivity index (χ3v) is 5.56. The molecule has 0 spiro atoms. The highest BCUT2D eigenvalue weighted by molar-refractivity contribution is 7.99. The SMILES string of the molecule is CCNC1(CO)CCC(SCc2cc(C)cc(C)c2)C1. The lowest BCUT2D eigenvalue weighted by molar-refractivity contribution is 0.167. The fraction of sp³-hybridized carbons (Fsp3) is 0.647. The second-order valence-electron chi connectivity index (χ2n) is 6.14. The van der Waals surface area contributed by atoms with Crippen molar-refractivity contribution in [1.82, 2.24) is 5.32 Å². The molecule has 1 aromatic rings. The number of hydrogen-bond acceptors (Lipinski definition) is 3. The highest BCUT2D eigenvalue weighted by Crippen LogP contribution is 2.38. The van der Waals surface area contributed by atoms with Gasteiger partial charge in [-0.2, -0.15) is 11.8 Å². The monoisotopic (exact) mass is 293 g/mol. The van der Waals surface area contributed by atoms with Gasteiger partial charge in [0.15, 0.2) is 0 Å². The summed E-state index contributed by atoms with van der Waals surface area (Å²) < 4.78 is 0. The number of thioether (sulfide) groups is 1. The molecule has 2 N–H and O–H groups in total. The summed E-state index contributed by atoms with van der Waals surface area (Å²) in [5, 5.41) is 13.8. The Bertz CT molecular complexity index is 428. The molecular formula is C17H27NOS. The quantitative estimate of drug-likeness (QED) is 0.843. The summed E-state index contributed by atoms with van der Waals surface area (Å²) in [5.41, 5.74) is 4.11. The number of hydrogen-bond donors (Lipinski definition) is 2. The molecule has 0 bridgehead atoms. The van der Waals surface area contributed by atoms with Gasteiger partial charge in [-0.15, -0.1) is 0 Å². The van der Waals surface area contributed by atoms with E-state index < -0.39 is 0 Å². The van der Waals surface area contributed by atoms with Crippen molar-refractivity contribution in [3.63, 3.8) is 0 Å². The maximum Gasteiger partial charge on any atom is 0.0613 e. The van der Waals surface area contributed by atoms with Crippen molar-refractivity contribution in [2.24, 2.45) is 0 Å². The normalized spacial score (nSPS) is 26.1. The number of nitrogens with one attached hydrogen (secondary N) is 1. The Balaban J connectivity index is 1.89. The fourth-order valence-corrected chi connectivity index (χ4v) is 4.64. The van der Waals surface area contributed by atoms with E-state index in [4.69, 9.17) is 0 Å². The third kappa shape index (κ3) is 4.00. The molecule has 3 heteroatoms. The Hall–Kier alpha value is -0.510. The molecule has 2 rings (SSSR count). The molecule has 1 saturated carbocycles. The molecule has 1 aliphatic rings. The van der Waals surface area contributed by atoms with Crippen LogP contribution in [0.1, 0.15) is 42.9 Å². The van der Waals surface area contributed by atoms with Crippen molar-refractivity contribution in [1.29, 1.82) is 0 Å². The zero-order valence-electron chi connectivity index (χ0n) is 12.9. The van der Waals surface area contributed by atoms with Gasteiger partial charge in [0.1, 0.15) is 0 Å². The van der Waals surface area contributed by atoms with Crippen molar-refractivity contribution < 1.29 is 5.11 Å². The van der Waals surface area contributed by atoms with Crippen LogP contribution in [0.25, 0.3) is 0 Å². The van der Waals surface area contributed by atoms with E-state index in [0.29, 0.717) is 5.25 Å². The smallest absolute Gasteiger partial charge is 0.0613 e. The molecule has 0 heterocycles. The Morgan fingerprint density at radius 3 is 2.60 bits per heavy atom. The summed E-state index contributed by atoms with van der Waals surface area (Å²) in [6.45, 7) is 7.65. The van der Waals surface area contributed by atoms with Crippen molar-refractivity contribution in [2.45, 2.75) is 56.6 Å². The van der Waals surface area contributed by atoms with Crippen LogP contribution in [-0.4, -0.2) is 29.0 Å². The van der Waals surface area contributed by atoms with Gasteiger partial charge in [0.2, 0.25) is 0 Å². The Morgan fingerprint density at radius 1 is 1.30 bits per heavy atom. The molecule has 0 amide bonds. The van der Waals surface area contributed by atoms with Crippen molar-refractivity contribution in [3.05, 3.63) is 34.9 Å². The minimum atomic E-state index is -0.0189. The lowest BCUT2D eigenvalue weighted by atomic mass is 9.99. The van der Waals surface area contributed by atoms with E-state index in [0.717, 1.165) is 25.1 Å². The van der Waals surface area contributed by atoms with E-state index in [1.165, 1.54) is 23.1 Å². The number of aliphatic hydroxyl groups is 1. The molecule has 1 aromatic carbocycles. The molecule has 112 valence electrons. The molecule has 2 nitrogen and oxygen atoms in total. The molecule has 0 saturated heterocycles. The molecule has 2 atom stereocenters. The van der Waals surface area contributed by atoms with Crippen molar-refractivity contribution in [2.75, 3.05) is 13.2 Å². The average molecular weight is 293 g/mol. The molecule has 0 aromatic heterocycles. The van der Waals surface area contributed by atoms with Crippen LogP contribution in [0.2, 0.25) is 0 Å².